The van der Waals surface area contributed by atoms with Crippen molar-refractivity contribution in [2.45, 2.75) is 70.4 Å². The van der Waals surface area contributed by atoms with Crippen LogP contribution in [-0.4, -0.2) is 12.1 Å². The molecule has 0 radical (unpaired) electrons. The zero-order valence-electron chi connectivity index (χ0n) is 12.2. The summed E-state index contributed by atoms with van der Waals surface area (Å²) in [5, 5.41) is 3.63. The molecule has 2 fully saturated rings. The summed E-state index contributed by atoms with van der Waals surface area (Å²) in [7, 11) is 0. The average molecular weight is 260 g/mol. The van der Waals surface area contributed by atoms with Gasteiger partial charge in [-0.1, -0.05) is 13.0 Å². The highest BCUT2D eigenvalue weighted by molar-refractivity contribution is 5.37. The molecule has 0 bridgehead atoms. The molecule has 3 aliphatic carbocycles. The van der Waals surface area contributed by atoms with Crippen LogP contribution >= 0.6 is 0 Å². The monoisotopic (exact) mass is 260 g/mol. The summed E-state index contributed by atoms with van der Waals surface area (Å²) in [4.78, 5) is 0. The number of nitrogens with one attached hydrogen (secondary N) is 1. The van der Waals surface area contributed by atoms with Crippen molar-refractivity contribution in [2.24, 2.45) is 17.6 Å². The van der Waals surface area contributed by atoms with Gasteiger partial charge < -0.3 is 11.1 Å². The predicted octanol–water partition coefficient (Wildman–Crippen LogP) is 3.50. The molecule has 106 valence electrons. The van der Waals surface area contributed by atoms with Gasteiger partial charge in [-0.3, -0.25) is 0 Å². The second-order valence-electron chi connectivity index (χ2n) is 6.88. The lowest BCUT2D eigenvalue weighted by Gasteiger charge is -2.33. The minimum absolute atomic E-state index is 0.273. The molecule has 3 aliphatic rings. The van der Waals surface area contributed by atoms with E-state index in [1.807, 2.05) is 0 Å². The summed E-state index contributed by atoms with van der Waals surface area (Å²) < 4.78 is 0. The molecular formula is C17H28N2. The minimum atomic E-state index is 0.273. The van der Waals surface area contributed by atoms with E-state index in [-0.39, 0.29) is 6.04 Å². The first-order valence-electron chi connectivity index (χ1n) is 8.15. The molecular weight excluding hydrogens is 232 g/mol. The molecule has 0 aromatic carbocycles. The number of hydrogen-bond acceptors (Lipinski definition) is 2. The van der Waals surface area contributed by atoms with Gasteiger partial charge in [0.15, 0.2) is 0 Å². The van der Waals surface area contributed by atoms with Crippen molar-refractivity contribution in [2.75, 3.05) is 0 Å². The molecule has 2 heteroatoms. The number of hydrogen-bond donors (Lipinski definition) is 2. The minimum Gasteiger partial charge on any atom is -0.388 e. The molecule has 0 amide bonds. The molecule has 2 saturated carbocycles. The quantitative estimate of drug-likeness (QED) is 0.794. The lowest BCUT2D eigenvalue weighted by molar-refractivity contribution is 0.260. The van der Waals surface area contributed by atoms with Crippen molar-refractivity contribution in [3.63, 3.8) is 0 Å². The van der Waals surface area contributed by atoms with Gasteiger partial charge in [-0.15, -0.1) is 0 Å². The maximum absolute atomic E-state index is 6.48. The maximum Gasteiger partial charge on any atom is 0.0340 e. The Hall–Kier alpha value is -0.760. The molecule has 1 atom stereocenters. The summed E-state index contributed by atoms with van der Waals surface area (Å²) in [6.45, 7) is 2.34. The largest absolute Gasteiger partial charge is 0.388 e. The van der Waals surface area contributed by atoms with Crippen LogP contribution in [-0.2, 0) is 0 Å². The van der Waals surface area contributed by atoms with E-state index in [0.29, 0.717) is 6.04 Å². The van der Waals surface area contributed by atoms with Gasteiger partial charge in [0.2, 0.25) is 0 Å². The number of nitrogens with two attached hydrogens (primary N) is 1. The summed E-state index contributed by atoms with van der Waals surface area (Å²) in [6.07, 6.45) is 15.2. The van der Waals surface area contributed by atoms with Crippen LogP contribution in [0, 0.1) is 11.8 Å². The summed E-state index contributed by atoms with van der Waals surface area (Å²) in [6, 6.07) is 0.968. The van der Waals surface area contributed by atoms with E-state index in [2.05, 4.69) is 24.5 Å². The van der Waals surface area contributed by atoms with Crippen molar-refractivity contribution < 1.29 is 0 Å². The van der Waals surface area contributed by atoms with Crippen molar-refractivity contribution in [3.8, 4) is 0 Å². The van der Waals surface area contributed by atoms with E-state index >= 15 is 0 Å². The fourth-order valence-electron chi connectivity index (χ4n) is 3.46. The van der Waals surface area contributed by atoms with Crippen LogP contribution < -0.4 is 11.1 Å². The highest BCUT2D eigenvalue weighted by Gasteiger charge is 2.32. The maximum atomic E-state index is 6.48. The van der Waals surface area contributed by atoms with Crippen molar-refractivity contribution >= 4 is 0 Å². The molecule has 3 N–H and O–H groups in total. The summed E-state index contributed by atoms with van der Waals surface area (Å²) in [5.41, 5.74) is 9.43. The van der Waals surface area contributed by atoms with Crippen molar-refractivity contribution in [1.29, 1.82) is 0 Å². The van der Waals surface area contributed by atoms with Crippen LogP contribution in [0.4, 0.5) is 0 Å². The van der Waals surface area contributed by atoms with Gasteiger partial charge in [-0.2, -0.15) is 0 Å². The summed E-state index contributed by atoms with van der Waals surface area (Å²) >= 11 is 0. The fourth-order valence-corrected chi connectivity index (χ4v) is 3.46. The second kappa shape index (κ2) is 5.70. The van der Waals surface area contributed by atoms with Gasteiger partial charge in [0.05, 0.1) is 0 Å². The standard InChI is InChI=1S/C17H28N2/c1-12-9-15(10-12)19-11-16(17(18)14-7-8-14)13-5-3-2-4-6-13/h5,11-12,14-15,17,19H,2-4,6-10,18H2,1H3/b16-11-. The Morgan fingerprint density at radius 3 is 2.74 bits per heavy atom. The number of allylic oxidation sites excluding steroid dienone is 1. The van der Waals surface area contributed by atoms with Crippen LogP contribution in [0.15, 0.2) is 23.4 Å². The van der Waals surface area contributed by atoms with Gasteiger partial charge in [-0.05, 0) is 74.3 Å². The molecule has 1 unspecified atom stereocenters. The Bertz CT molecular complexity index is 373. The first kappa shape index (κ1) is 13.2. The Morgan fingerprint density at radius 2 is 2.16 bits per heavy atom. The first-order valence-corrected chi connectivity index (χ1v) is 8.15. The van der Waals surface area contributed by atoms with Gasteiger partial charge in [-0.25, -0.2) is 0 Å². The summed E-state index contributed by atoms with van der Waals surface area (Å²) in [5.74, 6) is 1.65. The second-order valence-corrected chi connectivity index (χ2v) is 6.88. The van der Waals surface area contributed by atoms with E-state index < -0.39 is 0 Å². The third-order valence-corrected chi connectivity index (χ3v) is 5.00. The highest BCUT2D eigenvalue weighted by Crippen LogP contribution is 2.38. The zero-order valence-corrected chi connectivity index (χ0v) is 12.2. The molecule has 3 rings (SSSR count). The van der Waals surface area contributed by atoms with E-state index in [1.54, 1.807) is 0 Å². The van der Waals surface area contributed by atoms with Crippen LogP contribution in [0.1, 0.15) is 58.3 Å². The van der Waals surface area contributed by atoms with E-state index in [1.165, 1.54) is 62.5 Å². The van der Waals surface area contributed by atoms with Gasteiger partial charge in [0.1, 0.15) is 0 Å². The van der Waals surface area contributed by atoms with E-state index in [0.717, 1.165) is 11.8 Å². The van der Waals surface area contributed by atoms with Crippen molar-refractivity contribution in [1.82, 2.24) is 5.32 Å². The lowest BCUT2D eigenvalue weighted by atomic mass is 9.82. The lowest BCUT2D eigenvalue weighted by Crippen LogP contribution is -2.38. The molecule has 2 nitrogen and oxygen atoms in total. The molecule has 0 saturated heterocycles. The topological polar surface area (TPSA) is 38.0 Å². The Kier molecular flexibility index (Phi) is 3.97. The van der Waals surface area contributed by atoms with Crippen LogP contribution in [0.25, 0.3) is 0 Å². The Morgan fingerprint density at radius 1 is 1.37 bits per heavy atom. The third kappa shape index (κ3) is 3.22. The Labute approximate surface area is 117 Å². The molecule has 0 aliphatic heterocycles. The molecule has 0 aromatic heterocycles. The van der Waals surface area contributed by atoms with Crippen LogP contribution in [0.3, 0.4) is 0 Å². The van der Waals surface area contributed by atoms with Gasteiger partial charge >= 0.3 is 0 Å². The van der Waals surface area contributed by atoms with Crippen LogP contribution in [0.5, 0.6) is 0 Å². The fraction of sp³-hybridized carbons (Fsp3) is 0.765. The third-order valence-electron chi connectivity index (χ3n) is 5.00. The molecule has 0 spiro atoms. The average Bonchev–Trinajstić information content (AvgIpc) is 3.22. The van der Waals surface area contributed by atoms with Gasteiger partial charge in [0.25, 0.3) is 0 Å². The van der Waals surface area contributed by atoms with E-state index in [9.17, 15) is 0 Å². The molecule has 0 aromatic rings. The van der Waals surface area contributed by atoms with E-state index in [4.69, 9.17) is 5.73 Å². The van der Waals surface area contributed by atoms with Crippen molar-refractivity contribution in [3.05, 3.63) is 23.4 Å². The predicted molar refractivity (Wildman–Crippen MR) is 80.7 cm³/mol. The zero-order chi connectivity index (χ0) is 13.2. The molecule has 19 heavy (non-hydrogen) atoms. The SMILES string of the molecule is CC1CC(N/C=C(/C2=CCCCC2)C(N)C2CC2)C1. The number of rotatable bonds is 5. The first-order chi connectivity index (χ1) is 9.24. The normalized spacial score (nSPS) is 33.4. The smallest absolute Gasteiger partial charge is 0.0340 e. The Balaban J connectivity index is 1.67. The van der Waals surface area contributed by atoms with Gasteiger partial charge in [0, 0.05) is 18.3 Å². The molecule has 0 heterocycles. The highest BCUT2D eigenvalue weighted by atomic mass is 14.9. The van der Waals surface area contributed by atoms with Crippen LogP contribution in [0.2, 0.25) is 0 Å².